The number of aryl methyl sites for hydroxylation is 1. The minimum atomic E-state index is -0.415. The topological polar surface area (TPSA) is 60.2 Å². The average Bonchev–Trinajstić information content (AvgIpc) is 2.28. The van der Waals surface area contributed by atoms with E-state index in [1.54, 1.807) is 19.1 Å². The van der Waals surface area contributed by atoms with Crippen LogP contribution in [0.15, 0.2) is 18.2 Å². The number of ketones is 1. The Bertz CT molecular complexity index is 446. The number of nitro benzene ring substituents is 1. The van der Waals surface area contributed by atoms with Crippen LogP contribution in [0.2, 0.25) is 0 Å². The van der Waals surface area contributed by atoms with Gasteiger partial charge < -0.3 is 0 Å². The fraction of sp³-hybridized carbons (Fsp3) is 0.462. The van der Waals surface area contributed by atoms with Gasteiger partial charge in [0, 0.05) is 30.4 Å². The monoisotopic (exact) mass is 269 g/mol. The van der Waals surface area contributed by atoms with Crippen molar-refractivity contribution in [3.05, 3.63) is 39.4 Å². The van der Waals surface area contributed by atoms with Crippen LogP contribution >= 0.6 is 11.6 Å². The molecule has 0 heterocycles. The standard InChI is InChI=1S/C13H16ClNO3/c1-10-8-11(5-6-13(10)15(17)18)9-12(16)4-2-3-7-14/h5-6,8H,2-4,7,9H2,1H3. The number of nitro groups is 1. The van der Waals surface area contributed by atoms with Crippen LogP contribution in [0.1, 0.15) is 30.4 Å². The zero-order valence-electron chi connectivity index (χ0n) is 10.3. The molecule has 18 heavy (non-hydrogen) atoms. The van der Waals surface area contributed by atoms with Crippen molar-refractivity contribution in [1.29, 1.82) is 0 Å². The molecule has 4 nitrogen and oxygen atoms in total. The highest BCUT2D eigenvalue weighted by Crippen LogP contribution is 2.19. The van der Waals surface area contributed by atoms with E-state index in [2.05, 4.69) is 0 Å². The second-order valence-corrected chi connectivity index (χ2v) is 4.62. The molecule has 0 spiro atoms. The average molecular weight is 270 g/mol. The third kappa shape index (κ3) is 4.45. The van der Waals surface area contributed by atoms with E-state index in [9.17, 15) is 14.9 Å². The van der Waals surface area contributed by atoms with E-state index in [-0.39, 0.29) is 11.5 Å². The van der Waals surface area contributed by atoms with Gasteiger partial charge >= 0.3 is 0 Å². The van der Waals surface area contributed by atoms with Gasteiger partial charge in [0.1, 0.15) is 5.78 Å². The van der Waals surface area contributed by atoms with Crippen molar-refractivity contribution in [3.8, 4) is 0 Å². The number of benzene rings is 1. The van der Waals surface area contributed by atoms with Crippen molar-refractivity contribution >= 4 is 23.1 Å². The summed E-state index contributed by atoms with van der Waals surface area (Å²) < 4.78 is 0. The van der Waals surface area contributed by atoms with Crippen LogP contribution in [-0.4, -0.2) is 16.6 Å². The van der Waals surface area contributed by atoms with Gasteiger partial charge in [0.25, 0.3) is 5.69 Å². The zero-order valence-corrected chi connectivity index (χ0v) is 11.1. The molecule has 0 aliphatic rings. The van der Waals surface area contributed by atoms with Crippen LogP contribution in [-0.2, 0) is 11.2 Å². The minimum Gasteiger partial charge on any atom is -0.299 e. The molecule has 0 radical (unpaired) electrons. The Balaban J connectivity index is 2.60. The number of Topliss-reactive ketones (excluding diaryl/α,β-unsaturated/α-hetero) is 1. The van der Waals surface area contributed by atoms with Crippen molar-refractivity contribution in [3.63, 3.8) is 0 Å². The largest absolute Gasteiger partial charge is 0.299 e. The van der Waals surface area contributed by atoms with E-state index in [0.29, 0.717) is 24.3 Å². The lowest BCUT2D eigenvalue weighted by Gasteiger charge is -2.03. The molecule has 1 rings (SSSR count). The summed E-state index contributed by atoms with van der Waals surface area (Å²) in [6, 6.07) is 4.80. The van der Waals surface area contributed by atoms with Crippen molar-refractivity contribution < 1.29 is 9.72 Å². The number of alkyl halides is 1. The number of nitrogens with zero attached hydrogens (tertiary/aromatic N) is 1. The molecular formula is C13H16ClNO3. The van der Waals surface area contributed by atoms with Gasteiger partial charge in [-0.1, -0.05) is 6.07 Å². The van der Waals surface area contributed by atoms with Gasteiger partial charge in [-0.2, -0.15) is 0 Å². The molecular weight excluding hydrogens is 254 g/mol. The van der Waals surface area contributed by atoms with Crippen LogP contribution in [0.5, 0.6) is 0 Å². The minimum absolute atomic E-state index is 0.0911. The van der Waals surface area contributed by atoms with Gasteiger partial charge in [-0.25, -0.2) is 0 Å². The zero-order chi connectivity index (χ0) is 13.5. The molecule has 0 fully saturated rings. The van der Waals surface area contributed by atoms with Gasteiger partial charge in [0.2, 0.25) is 0 Å². The second-order valence-electron chi connectivity index (χ2n) is 4.24. The first-order chi connectivity index (χ1) is 8.54. The Hall–Kier alpha value is -1.42. The van der Waals surface area contributed by atoms with Crippen LogP contribution in [0.4, 0.5) is 5.69 Å². The predicted molar refractivity (Wildman–Crippen MR) is 71.1 cm³/mol. The van der Waals surface area contributed by atoms with Crippen molar-refractivity contribution in [2.75, 3.05) is 5.88 Å². The van der Waals surface area contributed by atoms with Crippen LogP contribution in [0.25, 0.3) is 0 Å². The van der Waals surface area contributed by atoms with Crippen molar-refractivity contribution in [2.24, 2.45) is 0 Å². The Kier molecular flexibility index (Phi) is 5.78. The summed E-state index contributed by atoms with van der Waals surface area (Å²) in [5.74, 6) is 0.720. The number of hydrogen-bond acceptors (Lipinski definition) is 3. The highest BCUT2D eigenvalue weighted by molar-refractivity contribution is 6.17. The molecule has 0 saturated carbocycles. The number of rotatable bonds is 7. The molecule has 1 aromatic rings. The summed E-state index contributed by atoms with van der Waals surface area (Å²) in [4.78, 5) is 21.9. The van der Waals surface area contributed by atoms with Gasteiger partial charge in [-0.3, -0.25) is 14.9 Å². The van der Waals surface area contributed by atoms with E-state index in [1.165, 1.54) is 6.07 Å². The first kappa shape index (κ1) is 14.6. The van der Waals surface area contributed by atoms with Crippen molar-refractivity contribution in [2.45, 2.75) is 32.6 Å². The van der Waals surface area contributed by atoms with E-state index in [0.717, 1.165) is 18.4 Å². The first-order valence-electron chi connectivity index (χ1n) is 5.86. The molecule has 5 heteroatoms. The molecule has 1 aromatic carbocycles. The summed E-state index contributed by atoms with van der Waals surface area (Å²) in [7, 11) is 0. The third-order valence-corrected chi connectivity index (χ3v) is 2.97. The van der Waals surface area contributed by atoms with Crippen LogP contribution in [0, 0.1) is 17.0 Å². The molecule has 0 N–H and O–H groups in total. The number of unbranched alkanes of at least 4 members (excludes halogenated alkanes) is 1. The third-order valence-electron chi connectivity index (χ3n) is 2.70. The van der Waals surface area contributed by atoms with Gasteiger partial charge in [0.05, 0.1) is 4.92 Å². The van der Waals surface area contributed by atoms with Crippen LogP contribution < -0.4 is 0 Å². The lowest BCUT2D eigenvalue weighted by molar-refractivity contribution is -0.385. The number of hydrogen-bond donors (Lipinski definition) is 0. The number of carbonyl (C=O) groups is 1. The number of halogens is 1. The molecule has 0 bridgehead atoms. The van der Waals surface area contributed by atoms with E-state index < -0.39 is 4.92 Å². The van der Waals surface area contributed by atoms with Gasteiger partial charge in [-0.05, 0) is 31.4 Å². The van der Waals surface area contributed by atoms with E-state index in [1.807, 2.05) is 0 Å². The quantitative estimate of drug-likeness (QED) is 0.330. The van der Waals surface area contributed by atoms with Gasteiger partial charge in [-0.15, -0.1) is 11.6 Å². The maximum Gasteiger partial charge on any atom is 0.272 e. The van der Waals surface area contributed by atoms with Crippen molar-refractivity contribution in [1.82, 2.24) is 0 Å². The molecule has 0 aromatic heterocycles. The Morgan fingerprint density at radius 2 is 2.11 bits per heavy atom. The SMILES string of the molecule is Cc1cc(CC(=O)CCCCCl)ccc1[N+](=O)[O-]. The first-order valence-corrected chi connectivity index (χ1v) is 6.39. The Morgan fingerprint density at radius 3 is 2.67 bits per heavy atom. The molecule has 98 valence electrons. The highest BCUT2D eigenvalue weighted by atomic mass is 35.5. The summed E-state index contributed by atoms with van der Waals surface area (Å²) in [6.45, 7) is 1.68. The van der Waals surface area contributed by atoms with Crippen LogP contribution in [0.3, 0.4) is 0 Å². The molecule has 0 saturated heterocycles. The summed E-state index contributed by atoms with van der Waals surface area (Å²) >= 11 is 5.54. The molecule has 0 aliphatic heterocycles. The lowest BCUT2D eigenvalue weighted by Crippen LogP contribution is -2.03. The fourth-order valence-electron chi connectivity index (χ4n) is 1.77. The van der Waals surface area contributed by atoms with E-state index in [4.69, 9.17) is 11.6 Å². The smallest absolute Gasteiger partial charge is 0.272 e. The number of carbonyl (C=O) groups excluding carboxylic acids is 1. The summed E-state index contributed by atoms with van der Waals surface area (Å²) in [5, 5.41) is 10.7. The Morgan fingerprint density at radius 1 is 1.39 bits per heavy atom. The van der Waals surface area contributed by atoms with E-state index >= 15 is 0 Å². The highest BCUT2D eigenvalue weighted by Gasteiger charge is 2.11. The normalized spacial score (nSPS) is 10.3. The molecule has 0 unspecified atom stereocenters. The second kappa shape index (κ2) is 7.11. The van der Waals surface area contributed by atoms with Gasteiger partial charge in [0.15, 0.2) is 0 Å². The molecule has 0 amide bonds. The predicted octanol–water partition coefficient (Wildman–Crippen LogP) is 3.42. The maximum absolute atomic E-state index is 11.6. The summed E-state index contributed by atoms with van der Waals surface area (Å²) in [6.07, 6.45) is 2.49. The Labute approximate surface area is 111 Å². The maximum atomic E-state index is 11.6. The summed E-state index contributed by atoms with van der Waals surface area (Å²) in [5.41, 5.74) is 1.51. The fourth-order valence-corrected chi connectivity index (χ4v) is 1.95. The lowest BCUT2D eigenvalue weighted by atomic mass is 10.0. The molecule has 0 aliphatic carbocycles. The molecule has 0 atom stereocenters.